The van der Waals surface area contributed by atoms with Crippen LogP contribution in [0.15, 0.2) is 65.6 Å². The molecule has 0 unspecified atom stereocenters. The lowest BCUT2D eigenvalue weighted by molar-refractivity contribution is -0.123. The zero-order valence-electron chi connectivity index (χ0n) is 23.9. The van der Waals surface area contributed by atoms with Gasteiger partial charge in [-0.3, -0.25) is 24.7 Å². The minimum atomic E-state index is -1.58. The largest absolute Gasteiger partial charge is 0.507 e. The van der Waals surface area contributed by atoms with Crippen LogP contribution >= 0.6 is 0 Å². The maximum Gasteiger partial charge on any atom is 0.259 e. The molecule has 1 amide bonds. The molecule has 3 aromatic carbocycles. The van der Waals surface area contributed by atoms with Crippen molar-refractivity contribution in [1.29, 1.82) is 0 Å². The Morgan fingerprint density at radius 3 is 2.67 bits per heavy atom. The van der Waals surface area contributed by atoms with Crippen molar-refractivity contribution in [3.05, 3.63) is 87.8 Å². The molecule has 0 saturated heterocycles. The maximum atomic E-state index is 13.9. The van der Waals surface area contributed by atoms with Crippen LogP contribution in [0.25, 0.3) is 10.8 Å². The van der Waals surface area contributed by atoms with E-state index in [1.165, 1.54) is 26.2 Å². The number of fused-ring (bicyclic) bond motifs is 4. The molecule has 0 spiro atoms. The summed E-state index contributed by atoms with van der Waals surface area (Å²) in [6.45, 7) is 6.97. The van der Waals surface area contributed by atoms with Crippen LogP contribution in [0.4, 0.5) is 0 Å². The molecule has 3 N–H and O–H groups in total. The number of ketones is 2. The quantitative estimate of drug-likeness (QED) is 0.127. The molecule has 214 valence electrons. The van der Waals surface area contributed by atoms with Gasteiger partial charge in [0.1, 0.15) is 34.8 Å². The average molecular weight is 567 g/mol. The summed E-state index contributed by atoms with van der Waals surface area (Å²) in [7, 11) is 1.36. The topological polar surface area (TPSA) is 123 Å². The van der Waals surface area contributed by atoms with Crippen molar-refractivity contribution in [2.75, 3.05) is 13.7 Å². The number of carbonyl (C=O) groups is 3. The Balaban J connectivity index is 1.54. The molecule has 2 aliphatic rings. The summed E-state index contributed by atoms with van der Waals surface area (Å²) in [5.41, 5.74) is 3.08. The second kappa shape index (κ2) is 11.1. The minimum absolute atomic E-state index is 0.00168. The first-order valence-electron chi connectivity index (χ1n) is 13.3. The van der Waals surface area contributed by atoms with Crippen LogP contribution in [0, 0.1) is 18.8 Å². The van der Waals surface area contributed by atoms with Crippen LogP contribution < -0.4 is 20.3 Å². The van der Waals surface area contributed by atoms with Crippen molar-refractivity contribution in [3.63, 3.8) is 0 Å². The number of amides is 1. The SMILES string of the molecule is CC#CCON/C(C)=C1\C(=O)C=C2Oc3c(C(=O)NCc4c(C)ccc5ccccc45)c(OC)cc(O)c3[C@]2(C)C1=O. The molecule has 3 aromatic rings. The highest BCUT2D eigenvalue weighted by atomic mass is 16.6. The molecule has 9 heteroatoms. The predicted molar refractivity (Wildman–Crippen MR) is 156 cm³/mol. The van der Waals surface area contributed by atoms with Gasteiger partial charge in [0.15, 0.2) is 17.3 Å². The molecule has 5 rings (SSSR count). The lowest BCUT2D eigenvalue weighted by Gasteiger charge is -2.28. The highest BCUT2D eigenvalue weighted by Gasteiger charge is 2.56. The first kappa shape index (κ1) is 28.5. The molecule has 1 heterocycles. The summed E-state index contributed by atoms with van der Waals surface area (Å²) in [4.78, 5) is 46.0. The van der Waals surface area contributed by atoms with Crippen LogP contribution in [0.2, 0.25) is 0 Å². The van der Waals surface area contributed by atoms with Gasteiger partial charge in [0.25, 0.3) is 5.91 Å². The summed E-state index contributed by atoms with van der Waals surface area (Å²) in [6, 6.07) is 13.2. The third-order valence-corrected chi connectivity index (χ3v) is 7.69. The highest BCUT2D eigenvalue weighted by molar-refractivity contribution is 6.31. The fourth-order valence-corrected chi connectivity index (χ4v) is 5.47. The van der Waals surface area contributed by atoms with Crippen LogP contribution in [0.5, 0.6) is 17.2 Å². The molecule has 0 saturated carbocycles. The van der Waals surface area contributed by atoms with Crippen molar-refractivity contribution in [1.82, 2.24) is 10.8 Å². The van der Waals surface area contributed by atoms with Gasteiger partial charge in [-0.1, -0.05) is 42.3 Å². The number of carbonyl (C=O) groups excluding carboxylic acids is 3. The van der Waals surface area contributed by atoms with Crippen molar-refractivity contribution in [2.45, 2.75) is 39.7 Å². The number of rotatable bonds is 7. The third-order valence-electron chi connectivity index (χ3n) is 7.69. The summed E-state index contributed by atoms with van der Waals surface area (Å²) in [5, 5.41) is 16.1. The van der Waals surface area contributed by atoms with Crippen molar-refractivity contribution in [3.8, 4) is 29.1 Å². The molecule has 0 bridgehead atoms. The number of nitrogens with one attached hydrogen (secondary N) is 2. The number of phenolic OH excluding ortho intramolecular Hbond substituents is 1. The number of allylic oxidation sites excluding steroid dienone is 4. The van der Waals surface area contributed by atoms with Gasteiger partial charge in [0.05, 0.1) is 18.2 Å². The van der Waals surface area contributed by atoms with Gasteiger partial charge in [-0.15, -0.1) is 5.92 Å². The number of methoxy groups -OCH3 is 1. The molecule has 0 fully saturated rings. The molecular formula is C33H30N2O7. The number of ether oxygens (including phenoxy) is 2. The average Bonchev–Trinajstić information content (AvgIpc) is 3.27. The van der Waals surface area contributed by atoms with Gasteiger partial charge in [-0.25, -0.2) is 0 Å². The molecular weight excluding hydrogens is 536 g/mol. The van der Waals surface area contributed by atoms with E-state index in [9.17, 15) is 19.5 Å². The number of phenols is 1. The lowest BCUT2D eigenvalue weighted by atomic mass is 9.70. The van der Waals surface area contributed by atoms with Crippen molar-refractivity contribution < 1.29 is 33.8 Å². The normalized spacial score (nSPS) is 18.3. The Kier molecular flexibility index (Phi) is 7.50. The van der Waals surface area contributed by atoms with Crippen LogP contribution in [0.3, 0.4) is 0 Å². The fraction of sp³-hybridized carbons (Fsp3) is 0.242. The van der Waals surface area contributed by atoms with E-state index in [0.29, 0.717) is 0 Å². The number of aromatic hydroxyl groups is 1. The Morgan fingerprint density at radius 1 is 1.17 bits per heavy atom. The van der Waals surface area contributed by atoms with Gasteiger partial charge in [0.2, 0.25) is 0 Å². The summed E-state index contributed by atoms with van der Waals surface area (Å²) in [5.74, 6) is 3.36. The van der Waals surface area contributed by atoms with Gasteiger partial charge >= 0.3 is 0 Å². The Bertz CT molecular complexity index is 1790. The van der Waals surface area contributed by atoms with E-state index >= 15 is 0 Å². The standard InChI is InChI=1S/C33H30N2O7/c1-6-7-14-41-35-19(3)27-23(36)16-26-33(4,31(27)38)29-24(37)15-25(40-5)28(30(29)42-26)32(39)34-17-22-18(2)12-13-20-10-8-9-11-21(20)22/h8-13,15-16,35,37H,14,17H2,1-5H3,(H,34,39)/b27-19+/t33-/m1/s1. The molecule has 0 aromatic heterocycles. The molecule has 1 atom stereocenters. The highest BCUT2D eigenvalue weighted by Crippen LogP contribution is 2.56. The molecule has 0 radical (unpaired) electrons. The first-order valence-corrected chi connectivity index (χ1v) is 13.3. The monoisotopic (exact) mass is 566 g/mol. The Hall–Kier alpha value is -5.07. The number of hydrogen-bond donors (Lipinski definition) is 3. The Labute approximate surface area is 243 Å². The van der Waals surface area contributed by atoms with Crippen LogP contribution in [0.1, 0.15) is 47.8 Å². The van der Waals surface area contributed by atoms with Crippen LogP contribution in [-0.4, -0.2) is 36.3 Å². The molecule has 9 nitrogen and oxygen atoms in total. The van der Waals surface area contributed by atoms with Gasteiger partial charge in [-0.05, 0) is 49.6 Å². The smallest absolute Gasteiger partial charge is 0.259 e. The number of hydrogen-bond acceptors (Lipinski definition) is 8. The van der Waals surface area contributed by atoms with E-state index in [4.69, 9.17) is 14.3 Å². The lowest BCUT2D eigenvalue weighted by Crippen LogP contribution is -2.41. The van der Waals surface area contributed by atoms with Crippen molar-refractivity contribution in [2.24, 2.45) is 0 Å². The van der Waals surface area contributed by atoms with E-state index < -0.39 is 22.9 Å². The van der Waals surface area contributed by atoms with E-state index in [-0.39, 0.29) is 58.6 Å². The third kappa shape index (κ3) is 4.56. The number of aryl methyl sites for hydroxylation is 1. The summed E-state index contributed by atoms with van der Waals surface area (Å²) in [6.07, 6.45) is 1.20. The van der Waals surface area contributed by atoms with Gasteiger partial charge in [0, 0.05) is 24.4 Å². The summed E-state index contributed by atoms with van der Waals surface area (Å²) < 4.78 is 11.5. The second-order valence-electron chi connectivity index (χ2n) is 10.2. The van der Waals surface area contributed by atoms with E-state index in [1.54, 1.807) is 13.8 Å². The molecule has 1 aliphatic carbocycles. The van der Waals surface area contributed by atoms with Crippen LogP contribution in [-0.2, 0) is 26.4 Å². The zero-order valence-corrected chi connectivity index (χ0v) is 23.9. The van der Waals surface area contributed by atoms with E-state index in [1.807, 2.05) is 43.3 Å². The number of benzene rings is 3. The van der Waals surface area contributed by atoms with Crippen molar-refractivity contribution >= 4 is 28.2 Å². The first-order chi connectivity index (χ1) is 20.1. The maximum absolute atomic E-state index is 13.9. The fourth-order valence-electron chi connectivity index (χ4n) is 5.47. The van der Waals surface area contributed by atoms with E-state index in [2.05, 4.69) is 22.6 Å². The van der Waals surface area contributed by atoms with Gasteiger partial charge < -0.3 is 19.9 Å². The Morgan fingerprint density at radius 2 is 1.93 bits per heavy atom. The number of Topliss-reactive ketones (excluding diaryl/α,β-unsaturated/α-hetero) is 1. The predicted octanol–water partition coefficient (Wildman–Crippen LogP) is 4.30. The van der Waals surface area contributed by atoms with Gasteiger partial charge in [-0.2, -0.15) is 0 Å². The zero-order chi connectivity index (χ0) is 30.2. The second-order valence-corrected chi connectivity index (χ2v) is 10.2. The molecule has 42 heavy (non-hydrogen) atoms. The van der Waals surface area contributed by atoms with E-state index in [0.717, 1.165) is 21.9 Å². The minimum Gasteiger partial charge on any atom is -0.507 e. The number of hydroxylamine groups is 1. The molecule has 1 aliphatic heterocycles. The summed E-state index contributed by atoms with van der Waals surface area (Å²) >= 11 is 0.